The molecule has 0 fully saturated rings. The Morgan fingerprint density at radius 3 is 2.07 bits per heavy atom. The van der Waals surface area contributed by atoms with Crippen LogP contribution in [-0.4, -0.2) is 49.4 Å². The number of aromatic carboxylic acids is 1. The number of phenols is 1. The van der Waals surface area contributed by atoms with Crippen molar-refractivity contribution in [2.75, 3.05) is 5.32 Å². The fourth-order valence-electron chi connectivity index (χ4n) is 1.80. The molecule has 2 rings (SSSR count). The number of nitro groups is 1. The minimum absolute atomic E-state index is 0.0422. The smallest absolute Gasteiger partial charge is 0.335 e. The first kappa shape index (κ1) is 21.9. The summed E-state index contributed by atoms with van der Waals surface area (Å²) in [5.74, 6) is -1.97. The summed E-state index contributed by atoms with van der Waals surface area (Å²) in [5, 5.41) is 30.1. The third-order valence-corrected chi connectivity index (χ3v) is 5.06. The van der Waals surface area contributed by atoms with Gasteiger partial charge in [-0.3, -0.25) is 10.1 Å². The van der Waals surface area contributed by atoms with Crippen molar-refractivity contribution in [3.63, 3.8) is 0 Å². The first-order chi connectivity index (χ1) is 12.4. The van der Waals surface area contributed by atoms with Gasteiger partial charge in [0.2, 0.25) is 0 Å². The minimum Gasteiger partial charge on any atom is -0.478 e. The van der Waals surface area contributed by atoms with Crippen LogP contribution in [0.4, 0.5) is 11.4 Å². The molecule has 0 aromatic heterocycles. The van der Waals surface area contributed by atoms with E-state index in [0.717, 1.165) is 12.1 Å². The molecule has 0 aliphatic heterocycles. The predicted molar refractivity (Wildman–Crippen MR) is 93.0 cm³/mol. The van der Waals surface area contributed by atoms with Crippen LogP contribution in [0, 0.1) is 10.1 Å². The number of nitro benzene ring substituents is 1. The molecular formula is C15H15AsN2O9. The molecule has 11 nitrogen and oxygen atoms in total. The fourth-order valence-corrected chi connectivity index (χ4v) is 3.36. The zero-order chi connectivity index (χ0) is 20.8. The molecule has 0 saturated carbocycles. The SMILES string of the molecule is CC(=O)Nc1c(O)cccc1[As](=O)(O)O.O=C(O)c1ccc([N+](=O)[O-])cc1. The molecule has 0 unspecified atom stereocenters. The Labute approximate surface area is 155 Å². The van der Waals surface area contributed by atoms with Gasteiger partial charge in [0.1, 0.15) is 0 Å². The van der Waals surface area contributed by atoms with Crippen LogP contribution in [0.2, 0.25) is 0 Å². The van der Waals surface area contributed by atoms with Crippen molar-refractivity contribution in [3.8, 4) is 5.75 Å². The standard InChI is InChI=1S/C8H10AsNO5.C7H5NO4/c1-5(11)10-8-6(9(13,14)15)3-2-4-7(8)12;9-7(10)5-1-3-6(4-2-5)8(11)12/h2-4,12H,1H3,(H,10,11)(H2,13,14,15);1-4H,(H,9,10). The summed E-state index contributed by atoms with van der Waals surface area (Å²) in [7, 11) is 0. The van der Waals surface area contributed by atoms with Gasteiger partial charge in [-0.25, -0.2) is 4.79 Å². The second-order valence-corrected chi connectivity index (χ2v) is 8.30. The number of hydrogen-bond acceptors (Lipinski definition) is 6. The van der Waals surface area contributed by atoms with Crippen LogP contribution >= 0.6 is 0 Å². The second kappa shape index (κ2) is 8.99. The Morgan fingerprint density at radius 1 is 1.11 bits per heavy atom. The van der Waals surface area contributed by atoms with Crippen LogP contribution in [0.5, 0.6) is 5.75 Å². The van der Waals surface area contributed by atoms with E-state index in [9.17, 15) is 28.5 Å². The van der Waals surface area contributed by atoms with Gasteiger partial charge in [-0.05, 0) is 12.1 Å². The minimum atomic E-state index is -5.14. The number of carboxylic acid groups (broad SMARTS) is 1. The Balaban J connectivity index is 0.000000277. The summed E-state index contributed by atoms with van der Waals surface area (Å²) in [6, 6.07) is 8.41. The number of non-ortho nitro benzene ring substituents is 1. The molecule has 144 valence electrons. The number of hydrogen-bond donors (Lipinski definition) is 5. The summed E-state index contributed by atoms with van der Waals surface area (Å²) in [4.78, 5) is 30.7. The maximum Gasteiger partial charge on any atom is 0.335 e. The number of carboxylic acids is 1. The molecule has 2 aromatic carbocycles. The van der Waals surface area contributed by atoms with Crippen molar-refractivity contribution >= 4 is 41.8 Å². The van der Waals surface area contributed by atoms with Crippen LogP contribution in [0.3, 0.4) is 0 Å². The van der Waals surface area contributed by atoms with Crippen molar-refractivity contribution in [2.45, 2.75) is 6.92 Å². The summed E-state index contributed by atoms with van der Waals surface area (Å²) in [5.41, 5.74) is -0.293. The number of carbonyl (C=O) groups is 2. The second-order valence-electron chi connectivity index (χ2n) is 5.01. The van der Waals surface area contributed by atoms with Crippen LogP contribution < -0.4 is 9.67 Å². The molecule has 0 aliphatic rings. The number of para-hydroxylation sites is 1. The van der Waals surface area contributed by atoms with Gasteiger partial charge in [0.05, 0.1) is 10.5 Å². The van der Waals surface area contributed by atoms with E-state index >= 15 is 0 Å². The third kappa shape index (κ3) is 6.59. The Bertz CT molecular complexity index is 873. The van der Waals surface area contributed by atoms with Gasteiger partial charge in [-0.1, -0.05) is 0 Å². The first-order valence-corrected chi connectivity index (χ1v) is 10.4. The van der Waals surface area contributed by atoms with Crippen molar-refractivity contribution in [3.05, 3.63) is 58.1 Å². The topological polar surface area (TPSA) is 187 Å². The summed E-state index contributed by atoms with van der Waals surface area (Å²) < 4.78 is 28.8. The molecule has 0 aliphatic carbocycles. The zero-order valence-corrected chi connectivity index (χ0v) is 15.6. The van der Waals surface area contributed by atoms with Crippen molar-refractivity contribution in [2.24, 2.45) is 0 Å². The zero-order valence-electron chi connectivity index (χ0n) is 13.8. The van der Waals surface area contributed by atoms with Crippen molar-refractivity contribution < 1.29 is 36.7 Å². The molecule has 0 bridgehead atoms. The monoisotopic (exact) mass is 442 g/mol. The van der Waals surface area contributed by atoms with Crippen LogP contribution in [0.15, 0.2) is 42.5 Å². The van der Waals surface area contributed by atoms with Gasteiger partial charge < -0.3 is 5.11 Å². The molecule has 12 heteroatoms. The predicted octanol–water partition coefficient (Wildman–Crippen LogP) is 0.205. The van der Waals surface area contributed by atoms with E-state index in [1.165, 1.54) is 37.3 Å². The number of aromatic hydroxyl groups is 1. The van der Waals surface area contributed by atoms with Crippen LogP contribution in [0.25, 0.3) is 0 Å². The van der Waals surface area contributed by atoms with Crippen LogP contribution in [-0.2, 0) is 8.53 Å². The number of carbonyl (C=O) groups excluding carboxylic acids is 1. The van der Waals surface area contributed by atoms with Gasteiger partial charge in [-0.2, -0.15) is 0 Å². The van der Waals surface area contributed by atoms with Crippen LogP contribution in [0.1, 0.15) is 17.3 Å². The van der Waals surface area contributed by atoms with E-state index < -0.39 is 31.0 Å². The van der Waals surface area contributed by atoms with E-state index in [-0.39, 0.29) is 27.0 Å². The van der Waals surface area contributed by atoms with E-state index in [1.54, 1.807) is 0 Å². The molecule has 0 atom stereocenters. The molecule has 1 amide bonds. The van der Waals surface area contributed by atoms with Gasteiger partial charge in [-0.15, -0.1) is 0 Å². The maximum atomic E-state index is 11.1. The van der Waals surface area contributed by atoms with E-state index in [4.69, 9.17) is 13.3 Å². The summed E-state index contributed by atoms with van der Waals surface area (Å²) in [6.45, 7) is 1.18. The van der Waals surface area contributed by atoms with E-state index in [1.807, 2.05) is 0 Å². The molecule has 0 heterocycles. The van der Waals surface area contributed by atoms with Crippen molar-refractivity contribution in [1.29, 1.82) is 0 Å². The number of amides is 1. The molecule has 0 radical (unpaired) electrons. The molecule has 0 spiro atoms. The Morgan fingerprint density at radius 2 is 1.67 bits per heavy atom. The third-order valence-electron chi connectivity index (χ3n) is 2.96. The number of nitrogens with one attached hydrogen (secondary N) is 1. The average molecular weight is 442 g/mol. The largest absolute Gasteiger partial charge is 0.478 e. The molecule has 2 aromatic rings. The average Bonchev–Trinajstić information content (AvgIpc) is 2.56. The Kier molecular flexibility index (Phi) is 7.29. The molecule has 27 heavy (non-hydrogen) atoms. The first-order valence-electron chi connectivity index (χ1n) is 7.07. The number of anilines is 1. The van der Waals surface area contributed by atoms with Gasteiger partial charge in [0, 0.05) is 12.1 Å². The van der Waals surface area contributed by atoms with Gasteiger partial charge >= 0.3 is 94.1 Å². The van der Waals surface area contributed by atoms with E-state index in [0.29, 0.717) is 0 Å². The number of rotatable bonds is 4. The molecular weight excluding hydrogens is 427 g/mol. The van der Waals surface area contributed by atoms with Gasteiger partial charge in [0.15, 0.2) is 0 Å². The summed E-state index contributed by atoms with van der Waals surface area (Å²) >= 11 is -5.14. The quantitative estimate of drug-likeness (QED) is 0.191. The Hall–Kier alpha value is -3.14. The normalized spacial score (nSPS) is 10.3. The van der Waals surface area contributed by atoms with E-state index in [2.05, 4.69) is 5.32 Å². The van der Waals surface area contributed by atoms with Crippen molar-refractivity contribution in [1.82, 2.24) is 0 Å². The molecule has 5 N–H and O–H groups in total. The fraction of sp³-hybridized carbons (Fsp3) is 0.0667. The van der Waals surface area contributed by atoms with Gasteiger partial charge in [0.25, 0.3) is 5.69 Å². The molecule has 0 saturated heterocycles. The number of phenolic OH excluding ortho intramolecular Hbond substituents is 1. The number of nitrogens with zero attached hydrogens (tertiary/aromatic N) is 1. The number of benzene rings is 2. The maximum absolute atomic E-state index is 11.1. The summed E-state index contributed by atoms with van der Waals surface area (Å²) in [6.07, 6.45) is 0.